The lowest BCUT2D eigenvalue weighted by atomic mass is 10.4. The van der Waals surface area contributed by atoms with Crippen LogP contribution in [0.3, 0.4) is 0 Å². The Morgan fingerprint density at radius 2 is 2.55 bits per heavy atom. The molecule has 0 aliphatic carbocycles. The third-order valence-electron chi connectivity index (χ3n) is 1.65. The number of aryl methyl sites for hydroxylation is 1. The van der Waals surface area contributed by atoms with E-state index in [1.165, 1.54) is 0 Å². The van der Waals surface area contributed by atoms with Crippen molar-refractivity contribution >= 4 is 11.8 Å². The Labute approximate surface area is 71.0 Å². The van der Waals surface area contributed by atoms with Crippen molar-refractivity contribution in [1.82, 2.24) is 9.55 Å². The summed E-state index contributed by atoms with van der Waals surface area (Å²) in [5, 5.41) is 0.329. The highest BCUT2D eigenvalue weighted by Gasteiger charge is 2.11. The van der Waals surface area contributed by atoms with Gasteiger partial charge in [-0.3, -0.25) is 0 Å². The Kier molecular flexibility index (Phi) is 2.96. The van der Waals surface area contributed by atoms with E-state index in [2.05, 4.69) is 4.98 Å². The van der Waals surface area contributed by atoms with Gasteiger partial charge in [-0.1, -0.05) is 0 Å². The zero-order chi connectivity index (χ0) is 8.27. The monoisotopic (exact) mass is 171 g/mol. The number of aromatic nitrogens is 2. The van der Waals surface area contributed by atoms with Crippen molar-refractivity contribution in [1.29, 1.82) is 0 Å². The summed E-state index contributed by atoms with van der Waals surface area (Å²) in [7, 11) is 1.99. The van der Waals surface area contributed by atoms with Crippen molar-refractivity contribution in [3.8, 4) is 0 Å². The highest BCUT2D eigenvalue weighted by Crippen LogP contribution is 2.22. The molecule has 1 heterocycles. The molecular weight excluding hydrogens is 158 g/mol. The normalized spacial score (nSPS) is 13.4. The molecule has 0 aliphatic rings. The highest BCUT2D eigenvalue weighted by molar-refractivity contribution is 7.98. The summed E-state index contributed by atoms with van der Waals surface area (Å²) >= 11 is 1.73. The SMILES string of the molecule is CSC(CN)c1nccn1C. The molecule has 0 radical (unpaired) electrons. The van der Waals surface area contributed by atoms with Crippen molar-refractivity contribution in [2.24, 2.45) is 12.8 Å². The summed E-state index contributed by atoms with van der Waals surface area (Å²) in [4.78, 5) is 4.22. The van der Waals surface area contributed by atoms with Crippen LogP contribution in [0, 0.1) is 0 Å². The first-order chi connectivity index (χ1) is 5.29. The molecule has 0 saturated carbocycles. The first-order valence-electron chi connectivity index (χ1n) is 3.49. The Hall–Kier alpha value is -0.480. The fraction of sp³-hybridized carbons (Fsp3) is 0.571. The van der Waals surface area contributed by atoms with Crippen LogP contribution in [0.2, 0.25) is 0 Å². The second-order valence-corrected chi connectivity index (χ2v) is 3.40. The van der Waals surface area contributed by atoms with Crippen LogP contribution in [-0.2, 0) is 7.05 Å². The largest absolute Gasteiger partial charge is 0.337 e. The summed E-state index contributed by atoms with van der Waals surface area (Å²) in [6.45, 7) is 0.645. The number of hydrogen-bond donors (Lipinski definition) is 1. The zero-order valence-corrected chi connectivity index (χ0v) is 7.64. The minimum absolute atomic E-state index is 0.329. The van der Waals surface area contributed by atoms with Crippen LogP contribution >= 0.6 is 11.8 Å². The zero-order valence-electron chi connectivity index (χ0n) is 6.82. The Bertz CT molecular complexity index is 217. The average molecular weight is 171 g/mol. The van der Waals surface area contributed by atoms with Gasteiger partial charge < -0.3 is 10.3 Å². The summed E-state index contributed by atoms with van der Waals surface area (Å²) < 4.78 is 2.01. The summed E-state index contributed by atoms with van der Waals surface area (Å²) in [5.74, 6) is 1.06. The van der Waals surface area contributed by atoms with Crippen molar-refractivity contribution in [3.63, 3.8) is 0 Å². The molecule has 1 atom stereocenters. The smallest absolute Gasteiger partial charge is 0.122 e. The third kappa shape index (κ3) is 1.75. The van der Waals surface area contributed by atoms with Crippen molar-refractivity contribution < 1.29 is 0 Å². The van der Waals surface area contributed by atoms with E-state index in [0.717, 1.165) is 5.82 Å². The number of nitrogens with zero attached hydrogens (tertiary/aromatic N) is 2. The van der Waals surface area contributed by atoms with Gasteiger partial charge in [0.05, 0.1) is 5.25 Å². The van der Waals surface area contributed by atoms with Gasteiger partial charge in [-0.15, -0.1) is 0 Å². The molecule has 0 aliphatic heterocycles. The van der Waals surface area contributed by atoms with Gasteiger partial charge in [0.25, 0.3) is 0 Å². The maximum Gasteiger partial charge on any atom is 0.122 e. The van der Waals surface area contributed by atoms with Crippen LogP contribution < -0.4 is 5.73 Å². The molecule has 1 aromatic heterocycles. The maximum atomic E-state index is 5.57. The second kappa shape index (κ2) is 3.78. The van der Waals surface area contributed by atoms with Gasteiger partial charge in [0.15, 0.2) is 0 Å². The van der Waals surface area contributed by atoms with Gasteiger partial charge in [-0.05, 0) is 6.26 Å². The number of thioether (sulfide) groups is 1. The summed E-state index contributed by atoms with van der Waals surface area (Å²) in [6.07, 6.45) is 5.79. The van der Waals surface area contributed by atoms with Crippen molar-refractivity contribution in [2.75, 3.05) is 12.8 Å². The molecule has 0 aromatic carbocycles. The van der Waals surface area contributed by atoms with Gasteiger partial charge in [-0.25, -0.2) is 4.98 Å². The molecule has 3 nitrogen and oxygen atoms in total. The lowest BCUT2D eigenvalue weighted by molar-refractivity contribution is 0.766. The Morgan fingerprint density at radius 1 is 1.82 bits per heavy atom. The maximum absolute atomic E-state index is 5.57. The molecule has 0 saturated heterocycles. The van der Waals surface area contributed by atoms with Crippen molar-refractivity contribution in [2.45, 2.75) is 5.25 Å². The average Bonchev–Trinajstić information content (AvgIpc) is 2.40. The number of nitrogens with two attached hydrogens (primary N) is 1. The van der Waals surface area contributed by atoms with Crippen molar-refractivity contribution in [3.05, 3.63) is 18.2 Å². The van der Waals surface area contributed by atoms with E-state index >= 15 is 0 Å². The molecule has 0 spiro atoms. The van der Waals surface area contributed by atoms with E-state index < -0.39 is 0 Å². The molecular formula is C7H13N3S. The molecule has 62 valence electrons. The van der Waals surface area contributed by atoms with E-state index in [1.807, 2.05) is 24.1 Å². The highest BCUT2D eigenvalue weighted by atomic mass is 32.2. The van der Waals surface area contributed by atoms with Crippen LogP contribution in [0.25, 0.3) is 0 Å². The Morgan fingerprint density at radius 3 is 2.91 bits per heavy atom. The number of rotatable bonds is 3. The van der Waals surface area contributed by atoms with Crippen LogP contribution in [0.15, 0.2) is 12.4 Å². The van der Waals surface area contributed by atoms with E-state index in [0.29, 0.717) is 11.8 Å². The quantitative estimate of drug-likeness (QED) is 0.731. The van der Waals surface area contributed by atoms with Crippen LogP contribution in [0.4, 0.5) is 0 Å². The van der Waals surface area contributed by atoms with E-state index in [4.69, 9.17) is 5.73 Å². The number of hydrogen-bond acceptors (Lipinski definition) is 3. The molecule has 0 amide bonds. The molecule has 1 aromatic rings. The molecule has 1 unspecified atom stereocenters. The fourth-order valence-electron chi connectivity index (χ4n) is 0.994. The molecule has 0 fully saturated rings. The van der Waals surface area contributed by atoms with Crippen LogP contribution in [-0.4, -0.2) is 22.4 Å². The van der Waals surface area contributed by atoms with E-state index in [1.54, 1.807) is 18.0 Å². The molecule has 4 heteroatoms. The van der Waals surface area contributed by atoms with Gasteiger partial charge in [-0.2, -0.15) is 11.8 Å². The molecule has 1 rings (SSSR count). The predicted molar refractivity (Wildman–Crippen MR) is 48.5 cm³/mol. The summed E-state index contributed by atoms with van der Waals surface area (Å²) in [6, 6.07) is 0. The minimum Gasteiger partial charge on any atom is -0.337 e. The standard InChI is InChI=1S/C7H13N3S/c1-10-4-3-9-7(10)6(5-8)11-2/h3-4,6H,5,8H2,1-2H3. The Balaban J connectivity index is 2.81. The predicted octanol–water partition coefficient (Wildman–Crippen LogP) is 0.783. The molecule has 0 bridgehead atoms. The first kappa shape index (κ1) is 8.62. The van der Waals surface area contributed by atoms with Crippen LogP contribution in [0.1, 0.15) is 11.1 Å². The van der Waals surface area contributed by atoms with Crippen LogP contribution in [0.5, 0.6) is 0 Å². The van der Waals surface area contributed by atoms with Gasteiger partial charge in [0.1, 0.15) is 5.82 Å². The summed E-state index contributed by atoms with van der Waals surface area (Å²) in [5.41, 5.74) is 5.57. The molecule has 11 heavy (non-hydrogen) atoms. The van der Waals surface area contributed by atoms with Gasteiger partial charge in [0, 0.05) is 26.0 Å². The minimum atomic E-state index is 0.329. The van der Waals surface area contributed by atoms with E-state index in [-0.39, 0.29) is 0 Å². The van der Waals surface area contributed by atoms with Gasteiger partial charge >= 0.3 is 0 Å². The fourth-order valence-corrected chi connectivity index (χ4v) is 1.62. The first-order valence-corrected chi connectivity index (χ1v) is 4.78. The lowest BCUT2D eigenvalue weighted by Crippen LogP contribution is -2.13. The second-order valence-electron chi connectivity index (χ2n) is 2.36. The third-order valence-corrected chi connectivity index (χ3v) is 2.62. The lowest BCUT2D eigenvalue weighted by Gasteiger charge is -2.10. The number of imidazole rings is 1. The van der Waals surface area contributed by atoms with Gasteiger partial charge in [0.2, 0.25) is 0 Å². The molecule has 2 N–H and O–H groups in total. The topological polar surface area (TPSA) is 43.8 Å². The van der Waals surface area contributed by atoms with E-state index in [9.17, 15) is 0 Å².